The Morgan fingerprint density at radius 3 is 2.58 bits per heavy atom. The summed E-state index contributed by atoms with van der Waals surface area (Å²) in [4.78, 5) is 27.2. The van der Waals surface area contributed by atoms with Gasteiger partial charge in [-0.2, -0.15) is 0 Å². The molecule has 0 saturated heterocycles. The molecular formula is C17H16N2O4S. The molecule has 1 unspecified atom stereocenters. The topological polar surface area (TPSA) is 99.3 Å². The average molecular weight is 344 g/mol. The van der Waals surface area contributed by atoms with Crippen LogP contribution in [0.3, 0.4) is 0 Å². The summed E-state index contributed by atoms with van der Waals surface area (Å²) in [7, 11) is -1.16. The fourth-order valence-electron chi connectivity index (χ4n) is 2.87. The number of carbonyl (C=O) groups is 2. The van der Waals surface area contributed by atoms with Gasteiger partial charge in [0.25, 0.3) is 5.91 Å². The number of nitrogens with one attached hydrogen (secondary N) is 2. The molecule has 6 nitrogen and oxygen atoms in total. The highest BCUT2D eigenvalue weighted by atomic mass is 32.2. The van der Waals surface area contributed by atoms with Crippen molar-refractivity contribution in [1.29, 1.82) is 0 Å². The van der Waals surface area contributed by atoms with Gasteiger partial charge in [0, 0.05) is 44.6 Å². The monoisotopic (exact) mass is 344 g/mol. The number of carbonyl (C=O) groups excluding carboxylic acids is 1. The molecule has 124 valence electrons. The van der Waals surface area contributed by atoms with Crippen molar-refractivity contribution >= 4 is 40.0 Å². The largest absolute Gasteiger partial charge is 0.478 e. The Labute approximate surface area is 141 Å². The molecule has 2 aromatic rings. The Morgan fingerprint density at radius 1 is 1.29 bits per heavy atom. The smallest absolute Gasteiger partial charge is 0.337 e. The van der Waals surface area contributed by atoms with Crippen LogP contribution < -0.4 is 5.32 Å². The average Bonchev–Trinajstić information content (AvgIpc) is 2.96. The summed E-state index contributed by atoms with van der Waals surface area (Å²) in [6.45, 7) is 3.38. The van der Waals surface area contributed by atoms with Gasteiger partial charge in [-0.1, -0.05) is 0 Å². The zero-order chi connectivity index (χ0) is 17.6. The maximum Gasteiger partial charge on any atom is 0.337 e. The molecule has 3 N–H and O–H groups in total. The Balaban J connectivity index is 2.15. The first-order chi connectivity index (χ1) is 11.3. The van der Waals surface area contributed by atoms with E-state index in [1.54, 1.807) is 44.4 Å². The predicted octanol–water partition coefficient (Wildman–Crippen LogP) is 2.56. The van der Waals surface area contributed by atoms with Crippen LogP contribution in [0.1, 0.15) is 32.9 Å². The van der Waals surface area contributed by atoms with Gasteiger partial charge in [0.1, 0.15) is 0 Å². The Bertz CT molecular complexity index is 940. The molecule has 1 aliphatic rings. The molecule has 7 heteroatoms. The van der Waals surface area contributed by atoms with Crippen molar-refractivity contribution in [3.63, 3.8) is 0 Å². The highest BCUT2D eigenvalue weighted by Crippen LogP contribution is 2.35. The number of fused-ring (bicyclic) bond motifs is 1. The van der Waals surface area contributed by atoms with Gasteiger partial charge < -0.3 is 15.4 Å². The molecule has 1 aromatic heterocycles. The molecule has 0 saturated carbocycles. The molecule has 1 aromatic carbocycles. The van der Waals surface area contributed by atoms with Gasteiger partial charge in [-0.05, 0) is 43.7 Å². The molecule has 0 aliphatic carbocycles. The SMILES string of the molecule is Cc1[nH]c(C=C2C(=O)Nc3ccc(S(C)=O)cc32)c(C)c1C(=O)O. The van der Waals surface area contributed by atoms with Crippen molar-refractivity contribution < 1.29 is 18.9 Å². The van der Waals surface area contributed by atoms with Crippen LogP contribution in [0.15, 0.2) is 23.1 Å². The maximum atomic E-state index is 12.3. The van der Waals surface area contributed by atoms with Crippen LogP contribution >= 0.6 is 0 Å². The van der Waals surface area contributed by atoms with Crippen molar-refractivity contribution in [2.45, 2.75) is 18.7 Å². The van der Waals surface area contributed by atoms with Crippen LogP contribution in [0.2, 0.25) is 0 Å². The first kappa shape index (κ1) is 16.2. The van der Waals surface area contributed by atoms with E-state index in [9.17, 15) is 18.9 Å². The van der Waals surface area contributed by atoms with Crippen LogP contribution in [-0.4, -0.2) is 32.4 Å². The van der Waals surface area contributed by atoms with E-state index in [2.05, 4.69) is 10.3 Å². The van der Waals surface area contributed by atoms with Crippen molar-refractivity contribution in [2.75, 3.05) is 11.6 Å². The van der Waals surface area contributed by atoms with Crippen LogP contribution in [0.25, 0.3) is 11.6 Å². The molecular weight excluding hydrogens is 328 g/mol. The number of hydrogen-bond donors (Lipinski definition) is 3. The summed E-state index contributed by atoms with van der Waals surface area (Å²) in [5.74, 6) is -1.28. The summed E-state index contributed by atoms with van der Waals surface area (Å²) in [5.41, 5.74) is 3.63. The molecule has 24 heavy (non-hydrogen) atoms. The van der Waals surface area contributed by atoms with Gasteiger partial charge in [-0.25, -0.2) is 4.79 Å². The number of aromatic amines is 1. The van der Waals surface area contributed by atoms with E-state index in [1.807, 2.05) is 0 Å². The lowest BCUT2D eigenvalue weighted by atomic mass is 10.0. The second kappa shape index (κ2) is 5.76. The number of amides is 1. The summed E-state index contributed by atoms with van der Waals surface area (Å²) >= 11 is 0. The van der Waals surface area contributed by atoms with Gasteiger partial charge in [0.15, 0.2) is 0 Å². The highest BCUT2D eigenvalue weighted by Gasteiger charge is 2.26. The molecule has 3 rings (SSSR count). The van der Waals surface area contributed by atoms with E-state index >= 15 is 0 Å². The molecule has 0 fully saturated rings. The number of aromatic nitrogens is 1. The maximum absolute atomic E-state index is 12.3. The van der Waals surface area contributed by atoms with Crippen LogP contribution in [-0.2, 0) is 15.6 Å². The van der Waals surface area contributed by atoms with E-state index in [4.69, 9.17) is 0 Å². The van der Waals surface area contributed by atoms with E-state index in [0.29, 0.717) is 38.7 Å². The minimum Gasteiger partial charge on any atom is -0.478 e. The summed E-state index contributed by atoms with van der Waals surface area (Å²) in [5, 5.41) is 12.0. The molecule has 0 radical (unpaired) electrons. The molecule has 0 spiro atoms. The second-order valence-electron chi connectivity index (χ2n) is 5.64. The van der Waals surface area contributed by atoms with Crippen LogP contribution in [0.5, 0.6) is 0 Å². The lowest BCUT2D eigenvalue weighted by Gasteiger charge is -2.02. The summed E-state index contributed by atoms with van der Waals surface area (Å²) in [6.07, 6.45) is 3.21. The highest BCUT2D eigenvalue weighted by molar-refractivity contribution is 7.84. The van der Waals surface area contributed by atoms with Gasteiger partial charge in [0.2, 0.25) is 0 Å². The number of rotatable bonds is 3. The third-order valence-corrected chi connectivity index (χ3v) is 5.00. The van der Waals surface area contributed by atoms with E-state index < -0.39 is 16.8 Å². The van der Waals surface area contributed by atoms with Gasteiger partial charge in [-0.15, -0.1) is 0 Å². The number of aromatic carboxylic acids is 1. The molecule has 2 heterocycles. The van der Waals surface area contributed by atoms with E-state index in [1.165, 1.54) is 0 Å². The molecule has 1 amide bonds. The Morgan fingerprint density at radius 2 is 2.00 bits per heavy atom. The standard InChI is InChI=1S/C17H16N2O4S/c1-8-14(18-9(2)15(8)17(21)22)7-12-11-6-10(24(3)23)4-5-13(11)19-16(12)20/h4-7,18H,1-3H3,(H,19,20)(H,21,22). The fraction of sp³-hybridized carbons (Fsp3) is 0.176. The number of anilines is 1. The summed E-state index contributed by atoms with van der Waals surface area (Å²) in [6, 6.07) is 5.16. The fourth-order valence-corrected chi connectivity index (χ4v) is 3.42. The Kier molecular flexibility index (Phi) is 3.88. The van der Waals surface area contributed by atoms with Crippen molar-refractivity contribution in [2.24, 2.45) is 0 Å². The van der Waals surface area contributed by atoms with Crippen molar-refractivity contribution in [3.05, 3.63) is 46.3 Å². The lowest BCUT2D eigenvalue weighted by Crippen LogP contribution is -2.03. The van der Waals surface area contributed by atoms with Gasteiger partial charge in [0.05, 0.1) is 11.1 Å². The molecule has 1 aliphatic heterocycles. The lowest BCUT2D eigenvalue weighted by molar-refractivity contribution is -0.110. The van der Waals surface area contributed by atoms with E-state index in [0.717, 1.165) is 0 Å². The minimum absolute atomic E-state index is 0.212. The predicted molar refractivity (Wildman–Crippen MR) is 92.5 cm³/mol. The number of aryl methyl sites for hydroxylation is 1. The normalized spacial score (nSPS) is 16.1. The quantitative estimate of drug-likeness (QED) is 0.745. The third-order valence-electron chi connectivity index (χ3n) is 4.08. The summed E-state index contributed by atoms with van der Waals surface area (Å²) < 4.78 is 11.7. The number of carboxylic acid groups (broad SMARTS) is 1. The number of carboxylic acids is 1. The van der Waals surface area contributed by atoms with Gasteiger partial charge >= 0.3 is 5.97 Å². The molecule has 1 atom stereocenters. The van der Waals surface area contributed by atoms with E-state index in [-0.39, 0.29) is 11.5 Å². The minimum atomic E-state index is -1.16. The second-order valence-corrected chi connectivity index (χ2v) is 7.02. The van der Waals surface area contributed by atoms with Crippen LogP contribution in [0, 0.1) is 13.8 Å². The third kappa shape index (κ3) is 2.56. The zero-order valence-electron chi connectivity index (χ0n) is 13.4. The van der Waals surface area contributed by atoms with Crippen LogP contribution in [0.4, 0.5) is 5.69 Å². The number of hydrogen-bond acceptors (Lipinski definition) is 3. The van der Waals surface area contributed by atoms with Gasteiger partial charge in [-0.3, -0.25) is 9.00 Å². The van der Waals surface area contributed by atoms with Crippen molar-refractivity contribution in [3.8, 4) is 0 Å². The van der Waals surface area contributed by atoms with Crippen molar-refractivity contribution in [1.82, 2.24) is 4.98 Å². The first-order valence-electron chi connectivity index (χ1n) is 7.23. The zero-order valence-corrected chi connectivity index (χ0v) is 14.2. The Hall–Kier alpha value is -2.67. The number of H-pyrrole nitrogens is 1. The number of benzene rings is 1. The first-order valence-corrected chi connectivity index (χ1v) is 8.78. The molecule has 0 bridgehead atoms.